The molecular weight excluding hydrogens is 348 g/mol. The predicted molar refractivity (Wildman–Crippen MR) is 62.2 cm³/mol. The third-order valence-electron chi connectivity index (χ3n) is 2.00. The molecule has 2 nitrogen and oxygen atoms in total. The molecule has 0 aliphatic rings. The van der Waals surface area contributed by atoms with E-state index in [1.807, 2.05) is 0 Å². The van der Waals surface area contributed by atoms with Crippen LogP contribution in [-0.2, 0) is 5.33 Å². The van der Waals surface area contributed by atoms with Crippen LogP contribution in [0.3, 0.4) is 0 Å². The number of aromatic nitrogens is 1. The quantitative estimate of drug-likeness (QED) is 0.754. The van der Waals surface area contributed by atoms with Crippen molar-refractivity contribution in [2.75, 3.05) is 0 Å². The van der Waals surface area contributed by atoms with Gasteiger partial charge < -0.3 is 4.42 Å². The van der Waals surface area contributed by atoms with Gasteiger partial charge in [-0.1, -0.05) is 31.9 Å². The highest BCUT2D eigenvalue weighted by Gasteiger charge is 2.19. The lowest BCUT2D eigenvalue weighted by Crippen LogP contribution is -1.92. The lowest BCUT2D eigenvalue weighted by Gasteiger charge is -2.03. The van der Waals surface area contributed by atoms with Crippen LogP contribution in [0.25, 0.3) is 11.3 Å². The summed E-state index contributed by atoms with van der Waals surface area (Å²) < 4.78 is 32.6. The molecule has 1 heterocycles. The number of rotatable bonds is 2. The summed E-state index contributed by atoms with van der Waals surface area (Å²) in [6, 6.07) is 2.36. The highest BCUT2D eigenvalue weighted by molar-refractivity contribution is 9.10. The lowest BCUT2D eigenvalue weighted by molar-refractivity contribution is 0.542. The van der Waals surface area contributed by atoms with E-state index in [1.54, 1.807) is 0 Å². The van der Waals surface area contributed by atoms with E-state index >= 15 is 0 Å². The zero-order chi connectivity index (χ0) is 11.7. The molecule has 1 aromatic carbocycles. The summed E-state index contributed by atoms with van der Waals surface area (Å²) >= 11 is 6.18. The second-order valence-electron chi connectivity index (χ2n) is 3.01. The van der Waals surface area contributed by atoms with Crippen molar-refractivity contribution in [3.63, 3.8) is 0 Å². The van der Waals surface area contributed by atoms with Gasteiger partial charge in [0.2, 0.25) is 0 Å². The maximum atomic E-state index is 13.6. The SMILES string of the molecule is Fc1cc(Br)cc(F)c1-c1ocnc1CBr. The number of hydrogen-bond donors (Lipinski definition) is 0. The standard InChI is InChI=1S/C10H5Br2F2NO/c11-3-8-10(16-4-15-8)9-6(13)1-5(12)2-7(9)14/h1-2,4H,3H2. The van der Waals surface area contributed by atoms with Crippen LogP contribution in [0, 0.1) is 11.6 Å². The molecule has 6 heteroatoms. The van der Waals surface area contributed by atoms with Gasteiger partial charge in [-0.25, -0.2) is 13.8 Å². The Morgan fingerprint density at radius 3 is 2.44 bits per heavy atom. The van der Waals surface area contributed by atoms with Crippen LogP contribution < -0.4 is 0 Å². The highest BCUT2D eigenvalue weighted by atomic mass is 79.9. The van der Waals surface area contributed by atoms with Gasteiger partial charge >= 0.3 is 0 Å². The Morgan fingerprint density at radius 2 is 1.88 bits per heavy atom. The van der Waals surface area contributed by atoms with Gasteiger partial charge in [-0.3, -0.25) is 0 Å². The first-order chi connectivity index (χ1) is 7.63. The zero-order valence-corrected chi connectivity index (χ0v) is 11.0. The molecule has 2 rings (SSSR count). The fourth-order valence-electron chi connectivity index (χ4n) is 1.33. The monoisotopic (exact) mass is 351 g/mol. The van der Waals surface area contributed by atoms with E-state index in [0.29, 0.717) is 15.5 Å². The van der Waals surface area contributed by atoms with Gasteiger partial charge in [-0.2, -0.15) is 0 Å². The van der Waals surface area contributed by atoms with Crippen molar-refractivity contribution >= 4 is 31.9 Å². The number of halogens is 4. The first-order valence-corrected chi connectivity index (χ1v) is 6.18. The molecule has 0 aliphatic carbocycles. The van der Waals surface area contributed by atoms with Crippen LogP contribution in [0.4, 0.5) is 8.78 Å². The van der Waals surface area contributed by atoms with Crippen LogP contribution in [0.5, 0.6) is 0 Å². The number of oxazole rings is 1. The van der Waals surface area contributed by atoms with Crippen molar-refractivity contribution < 1.29 is 13.2 Å². The van der Waals surface area contributed by atoms with Crippen molar-refractivity contribution in [3.05, 3.63) is 40.3 Å². The van der Waals surface area contributed by atoms with E-state index in [9.17, 15) is 8.78 Å². The third-order valence-corrected chi connectivity index (χ3v) is 2.99. The van der Waals surface area contributed by atoms with Gasteiger partial charge in [0.15, 0.2) is 12.2 Å². The number of nitrogens with zero attached hydrogens (tertiary/aromatic N) is 1. The average molecular weight is 353 g/mol. The first kappa shape index (κ1) is 11.7. The molecule has 16 heavy (non-hydrogen) atoms. The molecular formula is C10H5Br2F2NO. The molecule has 0 unspecified atom stereocenters. The number of benzene rings is 1. The van der Waals surface area contributed by atoms with E-state index in [0.717, 1.165) is 6.39 Å². The van der Waals surface area contributed by atoms with Crippen LogP contribution >= 0.6 is 31.9 Å². The normalized spacial score (nSPS) is 10.8. The minimum atomic E-state index is -0.689. The zero-order valence-electron chi connectivity index (χ0n) is 7.81. The van der Waals surface area contributed by atoms with Crippen LogP contribution in [0.15, 0.2) is 27.4 Å². The van der Waals surface area contributed by atoms with Gasteiger partial charge in [0, 0.05) is 9.80 Å². The van der Waals surface area contributed by atoms with Crippen LogP contribution in [0.1, 0.15) is 5.69 Å². The smallest absolute Gasteiger partial charge is 0.181 e. The van der Waals surface area contributed by atoms with Gasteiger partial charge in [-0.15, -0.1) is 0 Å². The van der Waals surface area contributed by atoms with Crippen molar-refractivity contribution in [2.45, 2.75) is 5.33 Å². The summed E-state index contributed by atoms with van der Waals surface area (Å²) in [6.07, 6.45) is 1.16. The number of alkyl halides is 1. The van der Waals surface area contributed by atoms with E-state index in [2.05, 4.69) is 36.8 Å². The maximum absolute atomic E-state index is 13.6. The van der Waals surface area contributed by atoms with Gasteiger partial charge in [0.05, 0.1) is 11.3 Å². The molecule has 0 bridgehead atoms. The van der Waals surface area contributed by atoms with Gasteiger partial charge in [-0.05, 0) is 12.1 Å². The second kappa shape index (κ2) is 4.63. The van der Waals surface area contributed by atoms with Gasteiger partial charge in [0.25, 0.3) is 0 Å². The number of hydrogen-bond acceptors (Lipinski definition) is 2. The van der Waals surface area contributed by atoms with Crippen LogP contribution in [-0.4, -0.2) is 4.98 Å². The molecule has 0 aliphatic heterocycles. The summed E-state index contributed by atoms with van der Waals surface area (Å²) in [4.78, 5) is 3.86. The first-order valence-electron chi connectivity index (χ1n) is 4.26. The van der Waals surface area contributed by atoms with Crippen molar-refractivity contribution in [1.82, 2.24) is 4.98 Å². The molecule has 2 aromatic rings. The maximum Gasteiger partial charge on any atom is 0.181 e. The van der Waals surface area contributed by atoms with E-state index in [4.69, 9.17) is 4.42 Å². The van der Waals surface area contributed by atoms with Gasteiger partial charge in [0.1, 0.15) is 11.6 Å². The lowest BCUT2D eigenvalue weighted by atomic mass is 10.1. The summed E-state index contributed by atoms with van der Waals surface area (Å²) in [6.45, 7) is 0. The minimum Gasteiger partial charge on any atom is -0.443 e. The van der Waals surface area contributed by atoms with Crippen molar-refractivity contribution in [1.29, 1.82) is 0 Å². The van der Waals surface area contributed by atoms with Crippen molar-refractivity contribution in [3.8, 4) is 11.3 Å². The van der Waals surface area contributed by atoms with E-state index in [-0.39, 0.29) is 11.3 Å². The topological polar surface area (TPSA) is 26.0 Å². The summed E-state index contributed by atoms with van der Waals surface area (Å²) in [5.74, 6) is -1.27. The Morgan fingerprint density at radius 1 is 1.25 bits per heavy atom. The summed E-state index contributed by atoms with van der Waals surface area (Å²) in [5.41, 5.74) is 0.260. The minimum absolute atomic E-state index is 0.111. The summed E-state index contributed by atoms with van der Waals surface area (Å²) in [7, 11) is 0. The Balaban J connectivity index is 2.64. The molecule has 0 amide bonds. The molecule has 0 spiro atoms. The average Bonchev–Trinajstić information content (AvgIpc) is 2.64. The molecule has 0 radical (unpaired) electrons. The molecule has 0 N–H and O–H groups in total. The largest absolute Gasteiger partial charge is 0.443 e. The Hall–Kier alpha value is -0.750. The Labute approximate surface area is 107 Å². The van der Waals surface area contributed by atoms with Crippen molar-refractivity contribution in [2.24, 2.45) is 0 Å². The second-order valence-corrected chi connectivity index (χ2v) is 4.48. The molecule has 1 aromatic heterocycles. The fourth-order valence-corrected chi connectivity index (χ4v) is 2.13. The molecule has 0 fully saturated rings. The van der Waals surface area contributed by atoms with E-state index in [1.165, 1.54) is 12.1 Å². The molecule has 0 saturated carbocycles. The molecule has 84 valence electrons. The Kier molecular flexibility index (Phi) is 3.39. The Bertz CT molecular complexity index is 504. The predicted octanol–water partition coefficient (Wildman–Crippen LogP) is 4.28. The van der Waals surface area contributed by atoms with Crippen LogP contribution in [0.2, 0.25) is 0 Å². The fraction of sp³-hybridized carbons (Fsp3) is 0.100. The van der Waals surface area contributed by atoms with E-state index < -0.39 is 11.6 Å². The third kappa shape index (κ3) is 2.04. The molecule has 0 saturated heterocycles. The molecule has 0 atom stereocenters. The highest BCUT2D eigenvalue weighted by Crippen LogP contribution is 2.31. The summed E-state index contributed by atoms with van der Waals surface area (Å²) in [5, 5.41) is 0.369.